The number of amides is 2. The number of benzene rings is 2. The molecule has 2 amide bonds. The van der Waals surface area contributed by atoms with Crippen LogP contribution in [0.15, 0.2) is 53.5 Å². The summed E-state index contributed by atoms with van der Waals surface area (Å²) in [7, 11) is 1.55. The van der Waals surface area contributed by atoms with E-state index < -0.39 is 0 Å². The Hall–Kier alpha value is -3.08. The Morgan fingerprint density at radius 2 is 2.03 bits per heavy atom. The zero-order valence-electron chi connectivity index (χ0n) is 17.8. The lowest BCUT2D eigenvalue weighted by Crippen LogP contribution is -2.49. The fraction of sp³-hybridized carbons (Fsp3) is 0.318. The number of rotatable bonds is 7. The molecule has 2 aromatic carbocycles. The maximum atomic E-state index is 13.3. The van der Waals surface area contributed by atoms with Gasteiger partial charge in [-0.2, -0.15) is 0 Å². The third kappa shape index (κ3) is 4.72. The van der Waals surface area contributed by atoms with Gasteiger partial charge in [-0.15, -0.1) is 0 Å². The summed E-state index contributed by atoms with van der Waals surface area (Å²) >= 11 is 1.21. The number of nitrogens with zero attached hydrogens (tertiary/aromatic N) is 2. The van der Waals surface area contributed by atoms with E-state index in [4.69, 9.17) is 14.5 Å². The van der Waals surface area contributed by atoms with Gasteiger partial charge in [0.15, 0.2) is 5.17 Å². The van der Waals surface area contributed by atoms with E-state index in [2.05, 4.69) is 16.2 Å². The molecule has 4 rings (SSSR count). The SMILES string of the molecule is CCOc1ccc(N2C(=O)C3CNNC3N=C2SCC(=O)Nc2ccccc2OC)cc1. The largest absolute Gasteiger partial charge is 0.495 e. The molecule has 1 fully saturated rings. The smallest absolute Gasteiger partial charge is 0.241 e. The molecule has 168 valence electrons. The molecule has 0 aromatic heterocycles. The molecular formula is C22H25N5O4S. The summed E-state index contributed by atoms with van der Waals surface area (Å²) < 4.78 is 10.8. The minimum absolute atomic E-state index is 0.0701. The number of ether oxygens (including phenoxy) is 2. The summed E-state index contributed by atoms with van der Waals surface area (Å²) in [6.07, 6.45) is -0.360. The molecule has 2 heterocycles. The highest BCUT2D eigenvalue weighted by Crippen LogP contribution is 2.31. The number of amidine groups is 1. The number of fused-ring (bicyclic) bond motifs is 1. The fourth-order valence-electron chi connectivity index (χ4n) is 3.53. The summed E-state index contributed by atoms with van der Waals surface area (Å²) in [5.41, 5.74) is 7.29. The summed E-state index contributed by atoms with van der Waals surface area (Å²) in [6, 6.07) is 14.5. The first-order valence-electron chi connectivity index (χ1n) is 10.3. The highest BCUT2D eigenvalue weighted by Gasteiger charge is 2.42. The summed E-state index contributed by atoms with van der Waals surface area (Å²) in [5.74, 6) is 0.789. The van der Waals surface area contributed by atoms with Crippen molar-refractivity contribution in [2.24, 2.45) is 10.9 Å². The van der Waals surface area contributed by atoms with Crippen LogP contribution in [0.1, 0.15) is 6.92 Å². The molecule has 0 saturated carbocycles. The number of hydrazine groups is 1. The minimum Gasteiger partial charge on any atom is -0.495 e. The summed E-state index contributed by atoms with van der Waals surface area (Å²) in [5, 5.41) is 3.31. The molecule has 0 aliphatic carbocycles. The maximum Gasteiger partial charge on any atom is 0.241 e. The molecule has 9 nitrogen and oxygen atoms in total. The molecule has 0 radical (unpaired) electrons. The van der Waals surface area contributed by atoms with Crippen molar-refractivity contribution >= 4 is 40.1 Å². The molecule has 0 spiro atoms. The Morgan fingerprint density at radius 1 is 1.25 bits per heavy atom. The first kappa shape index (κ1) is 22.1. The van der Waals surface area contributed by atoms with Gasteiger partial charge in [0.05, 0.1) is 36.8 Å². The van der Waals surface area contributed by atoms with Crippen molar-refractivity contribution in [3.05, 3.63) is 48.5 Å². The van der Waals surface area contributed by atoms with Crippen molar-refractivity contribution in [3.8, 4) is 11.5 Å². The second kappa shape index (κ2) is 10.0. The Bertz CT molecular complexity index is 1010. The van der Waals surface area contributed by atoms with Crippen molar-refractivity contribution in [1.82, 2.24) is 10.9 Å². The number of thioether (sulfide) groups is 1. The van der Waals surface area contributed by atoms with E-state index in [0.29, 0.717) is 35.4 Å². The van der Waals surface area contributed by atoms with Crippen LogP contribution in [-0.4, -0.2) is 49.2 Å². The fourth-order valence-corrected chi connectivity index (χ4v) is 4.37. The van der Waals surface area contributed by atoms with Crippen LogP contribution in [-0.2, 0) is 9.59 Å². The van der Waals surface area contributed by atoms with Crippen molar-refractivity contribution in [3.63, 3.8) is 0 Å². The van der Waals surface area contributed by atoms with Gasteiger partial charge in [-0.05, 0) is 43.3 Å². The highest BCUT2D eigenvalue weighted by atomic mass is 32.2. The quantitative estimate of drug-likeness (QED) is 0.588. The first-order valence-corrected chi connectivity index (χ1v) is 11.3. The molecule has 32 heavy (non-hydrogen) atoms. The normalized spacial score (nSPS) is 19.9. The van der Waals surface area contributed by atoms with Gasteiger partial charge >= 0.3 is 0 Å². The number of carbonyl (C=O) groups is 2. The Kier molecular flexibility index (Phi) is 6.93. The number of hydrogen-bond donors (Lipinski definition) is 3. The predicted molar refractivity (Wildman–Crippen MR) is 125 cm³/mol. The molecule has 3 N–H and O–H groups in total. The van der Waals surface area contributed by atoms with Crippen LogP contribution < -0.4 is 30.5 Å². The molecule has 0 bridgehead atoms. The molecule has 2 unspecified atom stereocenters. The van der Waals surface area contributed by atoms with Crippen LogP contribution in [0, 0.1) is 5.92 Å². The lowest BCUT2D eigenvalue weighted by Gasteiger charge is -2.32. The van der Waals surface area contributed by atoms with Crippen molar-refractivity contribution in [2.45, 2.75) is 13.1 Å². The van der Waals surface area contributed by atoms with E-state index in [9.17, 15) is 9.59 Å². The standard InChI is InChI=1S/C22H25N5O4S/c1-3-31-15-10-8-14(9-11-15)27-21(29)16-12-23-26-20(16)25-22(27)32-13-19(28)24-17-6-4-5-7-18(17)30-2/h4-11,16,20,23,26H,3,12-13H2,1-2H3,(H,24,28). The van der Waals surface area contributed by atoms with Gasteiger partial charge in [-0.1, -0.05) is 23.9 Å². The molecule has 2 atom stereocenters. The van der Waals surface area contributed by atoms with Crippen LogP contribution in [0.2, 0.25) is 0 Å². The first-order chi connectivity index (χ1) is 15.6. The average Bonchev–Trinajstić information content (AvgIpc) is 3.28. The Balaban J connectivity index is 1.51. The van der Waals surface area contributed by atoms with Crippen LogP contribution in [0.25, 0.3) is 0 Å². The van der Waals surface area contributed by atoms with E-state index in [1.165, 1.54) is 11.8 Å². The van der Waals surface area contributed by atoms with Crippen LogP contribution >= 0.6 is 11.8 Å². The van der Waals surface area contributed by atoms with Gasteiger partial charge in [-0.25, -0.2) is 10.4 Å². The van der Waals surface area contributed by atoms with Gasteiger partial charge in [-0.3, -0.25) is 19.9 Å². The number of anilines is 2. The molecule has 1 saturated heterocycles. The predicted octanol–water partition coefficient (Wildman–Crippen LogP) is 2.22. The molecule has 2 aromatic rings. The van der Waals surface area contributed by atoms with E-state index in [0.717, 1.165) is 5.75 Å². The molecule has 2 aliphatic rings. The zero-order valence-corrected chi connectivity index (χ0v) is 18.6. The lowest BCUT2D eigenvalue weighted by atomic mass is 10.0. The number of carbonyl (C=O) groups excluding carboxylic acids is 2. The van der Waals surface area contributed by atoms with Crippen LogP contribution in [0.4, 0.5) is 11.4 Å². The zero-order chi connectivity index (χ0) is 22.5. The summed E-state index contributed by atoms with van der Waals surface area (Å²) in [6.45, 7) is 2.97. The van der Waals surface area contributed by atoms with Gasteiger partial charge in [0.25, 0.3) is 0 Å². The summed E-state index contributed by atoms with van der Waals surface area (Å²) in [4.78, 5) is 32.1. The van der Waals surface area contributed by atoms with Crippen molar-refractivity contribution < 1.29 is 19.1 Å². The number of nitrogens with one attached hydrogen (secondary N) is 3. The molecule has 2 aliphatic heterocycles. The van der Waals surface area contributed by atoms with Gasteiger partial charge in [0, 0.05) is 6.54 Å². The maximum absolute atomic E-state index is 13.3. The Labute approximate surface area is 190 Å². The van der Waals surface area contributed by atoms with E-state index in [-0.39, 0.29) is 29.7 Å². The minimum atomic E-state index is -0.360. The van der Waals surface area contributed by atoms with Gasteiger partial charge in [0.2, 0.25) is 11.8 Å². The second-order valence-corrected chi connectivity index (χ2v) is 8.07. The number of hydrogen-bond acceptors (Lipinski definition) is 8. The van der Waals surface area contributed by atoms with Gasteiger partial charge < -0.3 is 14.8 Å². The lowest BCUT2D eigenvalue weighted by molar-refractivity contribution is -0.121. The average molecular weight is 456 g/mol. The monoisotopic (exact) mass is 455 g/mol. The van der Waals surface area contributed by atoms with Crippen molar-refractivity contribution in [2.75, 3.05) is 36.2 Å². The third-order valence-electron chi connectivity index (χ3n) is 5.05. The second-order valence-electron chi connectivity index (χ2n) is 7.13. The highest BCUT2D eigenvalue weighted by molar-refractivity contribution is 8.14. The third-order valence-corrected chi connectivity index (χ3v) is 6.00. The number of methoxy groups -OCH3 is 1. The van der Waals surface area contributed by atoms with Crippen LogP contribution in [0.5, 0.6) is 11.5 Å². The number of aliphatic imine (C=N–C) groups is 1. The van der Waals surface area contributed by atoms with E-state index in [1.54, 1.807) is 24.1 Å². The van der Waals surface area contributed by atoms with Crippen LogP contribution in [0.3, 0.4) is 0 Å². The molecule has 10 heteroatoms. The van der Waals surface area contributed by atoms with E-state index >= 15 is 0 Å². The Morgan fingerprint density at radius 3 is 2.78 bits per heavy atom. The van der Waals surface area contributed by atoms with E-state index in [1.807, 2.05) is 43.3 Å². The molecular weight excluding hydrogens is 430 g/mol. The van der Waals surface area contributed by atoms with Gasteiger partial charge in [0.1, 0.15) is 17.7 Å². The number of para-hydroxylation sites is 2. The van der Waals surface area contributed by atoms with Crippen molar-refractivity contribution in [1.29, 1.82) is 0 Å². The topological polar surface area (TPSA) is 104 Å².